The normalized spacial score (nSPS) is 10.3. The molecule has 0 aliphatic rings. The number of amidine groups is 1. The van der Waals surface area contributed by atoms with E-state index in [4.69, 9.17) is 15.9 Å². The fourth-order valence-corrected chi connectivity index (χ4v) is 2.08. The summed E-state index contributed by atoms with van der Waals surface area (Å²) in [6, 6.07) is 10.6. The van der Waals surface area contributed by atoms with Crippen LogP contribution in [0, 0.1) is 19.3 Å². The Balaban J connectivity index is 2.17. The van der Waals surface area contributed by atoms with Gasteiger partial charge in [0.05, 0.1) is 0 Å². The van der Waals surface area contributed by atoms with Gasteiger partial charge in [0.15, 0.2) is 0 Å². The van der Waals surface area contributed by atoms with Crippen LogP contribution in [0.4, 0.5) is 0 Å². The van der Waals surface area contributed by atoms with Crippen LogP contribution in [-0.2, 0) is 6.61 Å². The van der Waals surface area contributed by atoms with Crippen molar-refractivity contribution < 1.29 is 9.84 Å². The molecule has 0 aliphatic carbocycles. The van der Waals surface area contributed by atoms with Crippen LogP contribution in [0.1, 0.15) is 22.3 Å². The predicted octanol–water partition coefficient (Wildman–Crippen LogP) is 2.87. The van der Waals surface area contributed by atoms with Crippen LogP contribution in [0.25, 0.3) is 0 Å². The van der Waals surface area contributed by atoms with Gasteiger partial charge in [-0.25, -0.2) is 0 Å². The zero-order valence-electron chi connectivity index (χ0n) is 11.6. The Bertz CT molecular complexity index is 610. The first-order valence-corrected chi connectivity index (χ1v) is 6.33. The van der Waals surface area contributed by atoms with Gasteiger partial charge in [0.2, 0.25) is 0 Å². The smallest absolute Gasteiger partial charge is 0.125 e. The number of phenols is 1. The van der Waals surface area contributed by atoms with E-state index in [2.05, 4.69) is 0 Å². The molecular formula is C16H18N2O2. The molecule has 2 rings (SSSR count). The topological polar surface area (TPSA) is 79.3 Å². The highest BCUT2D eigenvalue weighted by Crippen LogP contribution is 2.25. The van der Waals surface area contributed by atoms with Gasteiger partial charge in [-0.2, -0.15) is 0 Å². The minimum Gasteiger partial charge on any atom is -0.508 e. The zero-order valence-corrected chi connectivity index (χ0v) is 11.6. The molecule has 0 saturated heterocycles. The van der Waals surface area contributed by atoms with E-state index in [-0.39, 0.29) is 11.6 Å². The van der Waals surface area contributed by atoms with E-state index in [9.17, 15) is 5.11 Å². The number of phenolic OH excluding ortho intramolecular Hbond substituents is 1. The molecule has 0 aliphatic heterocycles. The summed E-state index contributed by atoms with van der Waals surface area (Å²) in [5, 5.41) is 16.7. The van der Waals surface area contributed by atoms with Crippen LogP contribution in [-0.4, -0.2) is 10.9 Å². The van der Waals surface area contributed by atoms with Crippen molar-refractivity contribution in [2.24, 2.45) is 5.73 Å². The molecule has 4 nitrogen and oxygen atoms in total. The SMILES string of the molecule is Cc1cc(C(=N)N)cc(C)c1OCc1ccc(O)cc1. The summed E-state index contributed by atoms with van der Waals surface area (Å²) in [5.41, 5.74) is 9.09. The molecule has 0 bridgehead atoms. The van der Waals surface area contributed by atoms with Gasteiger partial charge in [0.25, 0.3) is 0 Å². The van der Waals surface area contributed by atoms with E-state index >= 15 is 0 Å². The van der Waals surface area contributed by atoms with Gasteiger partial charge >= 0.3 is 0 Å². The lowest BCUT2D eigenvalue weighted by molar-refractivity contribution is 0.302. The van der Waals surface area contributed by atoms with Crippen LogP contribution < -0.4 is 10.5 Å². The Hall–Kier alpha value is -2.49. The zero-order chi connectivity index (χ0) is 14.7. The summed E-state index contributed by atoms with van der Waals surface area (Å²) in [6.07, 6.45) is 0. The lowest BCUT2D eigenvalue weighted by Crippen LogP contribution is -2.12. The highest BCUT2D eigenvalue weighted by Gasteiger charge is 2.08. The standard InChI is InChI=1S/C16H18N2O2/c1-10-7-13(16(17)18)8-11(2)15(10)20-9-12-3-5-14(19)6-4-12/h3-8,19H,9H2,1-2H3,(H3,17,18). The maximum absolute atomic E-state index is 9.24. The number of nitrogen functional groups attached to an aromatic ring is 1. The van der Waals surface area contributed by atoms with E-state index < -0.39 is 0 Å². The maximum atomic E-state index is 9.24. The summed E-state index contributed by atoms with van der Waals surface area (Å²) < 4.78 is 5.84. The average Bonchev–Trinajstić information content (AvgIpc) is 2.39. The molecule has 104 valence electrons. The Morgan fingerprint density at radius 2 is 1.70 bits per heavy atom. The van der Waals surface area contributed by atoms with E-state index in [1.165, 1.54) is 0 Å². The summed E-state index contributed by atoms with van der Waals surface area (Å²) in [4.78, 5) is 0. The summed E-state index contributed by atoms with van der Waals surface area (Å²) >= 11 is 0. The van der Waals surface area contributed by atoms with Gasteiger partial charge in [0.1, 0.15) is 23.9 Å². The van der Waals surface area contributed by atoms with Gasteiger partial charge in [-0.3, -0.25) is 5.41 Å². The van der Waals surface area contributed by atoms with Crippen LogP contribution >= 0.6 is 0 Å². The van der Waals surface area contributed by atoms with E-state index in [1.807, 2.05) is 38.1 Å². The molecule has 0 amide bonds. The predicted molar refractivity (Wildman–Crippen MR) is 79.4 cm³/mol. The lowest BCUT2D eigenvalue weighted by atomic mass is 10.1. The van der Waals surface area contributed by atoms with E-state index in [1.54, 1.807) is 12.1 Å². The Labute approximate surface area is 118 Å². The number of nitrogens with one attached hydrogen (secondary N) is 1. The van der Waals surface area contributed by atoms with Crippen LogP contribution in [0.3, 0.4) is 0 Å². The Morgan fingerprint density at radius 1 is 1.15 bits per heavy atom. The quantitative estimate of drug-likeness (QED) is 0.590. The molecule has 0 aromatic heterocycles. The van der Waals surface area contributed by atoms with Crippen molar-refractivity contribution in [1.29, 1.82) is 5.41 Å². The van der Waals surface area contributed by atoms with Gasteiger partial charge in [0, 0.05) is 5.56 Å². The maximum Gasteiger partial charge on any atom is 0.125 e. The molecule has 0 unspecified atom stereocenters. The number of aromatic hydroxyl groups is 1. The van der Waals surface area contributed by atoms with Gasteiger partial charge in [-0.05, 0) is 54.8 Å². The van der Waals surface area contributed by atoms with Crippen LogP contribution in [0.5, 0.6) is 11.5 Å². The number of aryl methyl sites for hydroxylation is 2. The molecule has 20 heavy (non-hydrogen) atoms. The number of benzene rings is 2. The van der Waals surface area contributed by atoms with Crippen LogP contribution in [0.2, 0.25) is 0 Å². The van der Waals surface area contributed by atoms with Crippen molar-refractivity contribution in [1.82, 2.24) is 0 Å². The fourth-order valence-electron chi connectivity index (χ4n) is 2.08. The first-order valence-electron chi connectivity index (χ1n) is 6.33. The molecule has 4 heteroatoms. The van der Waals surface area contributed by atoms with Crippen molar-refractivity contribution >= 4 is 5.84 Å². The molecule has 0 spiro atoms. The summed E-state index contributed by atoms with van der Waals surface area (Å²) in [7, 11) is 0. The molecule has 0 saturated carbocycles. The van der Waals surface area contributed by atoms with Crippen molar-refractivity contribution in [2.45, 2.75) is 20.5 Å². The molecular weight excluding hydrogens is 252 g/mol. The Morgan fingerprint density at radius 3 is 2.20 bits per heavy atom. The largest absolute Gasteiger partial charge is 0.508 e. The number of ether oxygens (including phenoxy) is 1. The van der Waals surface area contributed by atoms with Crippen molar-refractivity contribution in [3.63, 3.8) is 0 Å². The minimum atomic E-state index is 0.0567. The average molecular weight is 270 g/mol. The number of hydrogen-bond donors (Lipinski definition) is 3. The first kappa shape index (κ1) is 13.9. The van der Waals surface area contributed by atoms with Crippen molar-refractivity contribution in [2.75, 3.05) is 0 Å². The molecule has 0 heterocycles. The van der Waals surface area contributed by atoms with Gasteiger partial charge in [-0.15, -0.1) is 0 Å². The molecule has 0 radical (unpaired) electrons. The second-order valence-electron chi connectivity index (χ2n) is 4.81. The Kier molecular flexibility index (Phi) is 3.94. The van der Waals surface area contributed by atoms with Gasteiger partial charge < -0.3 is 15.6 Å². The summed E-state index contributed by atoms with van der Waals surface area (Å²) in [5.74, 6) is 1.11. The molecule has 0 fully saturated rings. The fraction of sp³-hybridized carbons (Fsp3) is 0.188. The number of hydrogen-bond acceptors (Lipinski definition) is 3. The molecule has 4 N–H and O–H groups in total. The van der Waals surface area contributed by atoms with Crippen molar-refractivity contribution in [3.8, 4) is 11.5 Å². The van der Waals surface area contributed by atoms with E-state index in [0.717, 1.165) is 22.4 Å². The monoisotopic (exact) mass is 270 g/mol. The number of rotatable bonds is 4. The van der Waals surface area contributed by atoms with Gasteiger partial charge in [-0.1, -0.05) is 12.1 Å². The first-order chi connectivity index (χ1) is 9.47. The molecule has 0 atom stereocenters. The van der Waals surface area contributed by atoms with Crippen molar-refractivity contribution in [3.05, 3.63) is 58.7 Å². The summed E-state index contributed by atoms with van der Waals surface area (Å²) in [6.45, 7) is 4.30. The number of nitrogens with two attached hydrogens (primary N) is 1. The highest BCUT2D eigenvalue weighted by atomic mass is 16.5. The lowest BCUT2D eigenvalue weighted by Gasteiger charge is -2.14. The minimum absolute atomic E-state index is 0.0567. The third-order valence-electron chi connectivity index (χ3n) is 3.09. The second kappa shape index (κ2) is 5.65. The van der Waals surface area contributed by atoms with E-state index in [0.29, 0.717) is 12.2 Å². The highest BCUT2D eigenvalue weighted by molar-refractivity contribution is 5.95. The molecule has 2 aromatic carbocycles. The third-order valence-corrected chi connectivity index (χ3v) is 3.09. The van der Waals surface area contributed by atoms with Crippen LogP contribution in [0.15, 0.2) is 36.4 Å². The molecule has 2 aromatic rings. The third kappa shape index (κ3) is 3.09. The second-order valence-corrected chi connectivity index (χ2v) is 4.81.